The lowest BCUT2D eigenvalue weighted by atomic mass is 10.2. The predicted molar refractivity (Wildman–Crippen MR) is 60.5 cm³/mol. The second-order valence-electron chi connectivity index (χ2n) is 4.90. The predicted octanol–water partition coefficient (Wildman–Crippen LogP) is 2.44. The van der Waals surface area contributed by atoms with Gasteiger partial charge in [-0.25, -0.2) is 0 Å². The Bertz CT molecular complexity index is 143. The Hall–Kier alpha value is -0.0800. The summed E-state index contributed by atoms with van der Waals surface area (Å²) < 4.78 is 5.51. The highest BCUT2D eigenvalue weighted by atomic mass is 16.5. The maximum absolute atomic E-state index is 5.51. The van der Waals surface area contributed by atoms with Gasteiger partial charge in [-0.15, -0.1) is 0 Å². The van der Waals surface area contributed by atoms with Crippen LogP contribution in [0.15, 0.2) is 0 Å². The summed E-state index contributed by atoms with van der Waals surface area (Å²) in [6, 6.07) is 0.722. The number of rotatable bonds is 8. The van der Waals surface area contributed by atoms with Crippen LogP contribution in [0.1, 0.15) is 40.0 Å². The Balaban J connectivity index is 1.79. The quantitative estimate of drug-likeness (QED) is 0.606. The van der Waals surface area contributed by atoms with Crippen molar-refractivity contribution in [1.29, 1.82) is 0 Å². The van der Waals surface area contributed by atoms with E-state index in [9.17, 15) is 0 Å². The van der Waals surface area contributed by atoms with Gasteiger partial charge >= 0.3 is 0 Å². The maximum atomic E-state index is 5.51. The fraction of sp³-hybridized carbons (Fsp3) is 1.00. The van der Waals surface area contributed by atoms with E-state index in [1.165, 1.54) is 12.8 Å². The van der Waals surface area contributed by atoms with Gasteiger partial charge in [0.25, 0.3) is 0 Å². The third-order valence-corrected chi connectivity index (χ3v) is 2.71. The molecular weight excluding hydrogens is 174 g/mol. The van der Waals surface area contributed by atoms with Gasteiger partial charge in [-0.3, -0.25) is 0 Å². The first-order chi connectivity index (χ1) is 6.70. The maximum Gasteiger partial charge on any atom is 0.0489 e. The van der Waals surface area contributed by atoms with Crippen molar-refractivity contribution in [3.8, 4) is 0 Å². The zero-order chi connectivity index (χ0) is 10.4. The molecule has 1 rings (SSSR count). The van der Waals surface area contributed by atoms with Crippen molar-refractivity contribution < 1.29 is 4.74 Å². The molecule has 0 heterocycles. The Morgan fingerprint density at radius 2 is 2.00 bits per heavy atom. The van der Waals surface area contributed by atoms with Crippen LogP contribution in [0.2, 0.25) is 0 Å². The SMILES string of the molecule is CC(C)COCCCNC(C)C1CC1. The summed E-state index contributed by atoms with van der Waals surface area (Å²) in [5, 5.41) is 3.55. The van der Waals surface area contributed by atoms with Gasteiger partial charge in [-0.1, -0.05) is 13.8 Å². The van der Waals surface area contributed by atoms with E-state index in [1.807, 2.05) is 0 Å². The van der Waals surface area contributed by atoms with E-state index >= 15 is 0 Å². The zero-order valence-electron chi connectivity index (χ0n) is 9.88. The molecule has 2 nitrogen and oxygen atoms in total. The topological polar surface area (TPSA) is 21.3 Å². The van der Waals surface area contributed by atoms with Crippen molar-refractivity contribution in [3.05, 3.63) is 0 Å². The van der Waals surface area contributed by atoms with Crippen molar-refractivity contribution in [2.75, 3.05) is 19.8 Å². The van der Waals surface area contributed by atoms with E-state index in [4.69, 9.17) is 4.74 Å². The molecule has 0 bridgehead atoms. The van der Waals surface area contributed by atoms with Gasteiger partial charge in [0.2, 0.25) is 0 Å². The van der Waals surface area contributed by atoms with Gasteiger partial charge in [0.1, 0.15) is 0 Å². The molecule has 14 heavy (non-hydrogen) atoms. The Kier molecular flexibility index (Phi) is 5.49. The van der Waals surface area contributed by atoms with E-state index in [2.05, 4.69) is 26.1 Å². The lowest BCUT2D eigenvalue weighted by Crippen LogP contribution is -2.29. The largest absolute Gasteiger partial charge is 0.381 e. The number of nitrogens with one attached hydrogen (secondary N) is 1. The van der Waals surface area contributed by atoms with Gasteiger partial charge in [0.15, 0.2) is 0 Å². The monoisotopic (exact) mass is 199 g/mol. The second kappa shape index (κ2) is 6.41. The van der Waals surface area contributed by atoms with Gasteiger partial charge in [-0.05, 0) is 44.6 Å². The fourth-order valence-corrected chi connectivity index (χ4v) is 1.59. The molecule has 0 saturated heterocycles. The molecule has 1 fully saturated rings. The summed E-state index contributed by atoms with van der Waals surface area (Å²) in [7, 11) is 0. The molecular formula is C12H25NO. The summed E-state index contributed by atoms with van der Waals surface area (Å²) in [6.45, 7) is 9.59. The minimum atomic E-state index is 0.661. The second-order valence-corrected chi connectivity index (χ2v) is 4.90. The molecule has 0 aromatic heterocycles. The molecule has 84 valence electrons. The molecule has 0 amide bonds. The van der Waals surface area contributed by atoms with E-state index in [0.717, 1.165) is 38.1 Å². The highest BCUT2D eigenvalue weighted by Gasteiger charge is 2.26. The minimum absolute atomic E-state index is 0.661. The van der Waals surface area contributed by atoms with Gasteiger partial charge in [0.05, 0.1) is 0 Å². The molecule has 1 N–H and O–H groups in total. The third kappa shape index (κ3) is 5.61. The first kappa shape index (κ1) is 12.0. The molecule has 1 unspecified atom stereocenters. The third-order valence-electron chi connectivity index (χ3n) is 2.71. The Morgan fingerprint density at radius 1 is 1.29 bits per heavy atom. The normalized spacial score (nSPS) is 18.9. The highest BCUT2D eigenvalue weighted by Crippen LogP contribution is 2.32. The standard InChI is InChI=1S/C12H25NO/c1-10(2)9-14-8-4-7-13-11(3)12-5-6-12/h10-13H,4-9H2,1-3H3. The van der Waals surface area contributed by atoms with Crippen LogP contribution in [0.4, 0.5) is 0 Å². The lowest BCUT2D eigenvalue weighted by molar-refractivity contribution is 0.107. The highest BCUT2D eigenvalue weighted by molar-refractivity contribution is 4.82. The van der Waals surface area contributed by atoms with Gasteiger partial charge in [-0.2, -0.15) is 0 Å². The van der Waals surface area contributed by atoms with Crippen LogP contribution in [0, 0.1) is 11.8 Å². The van der Waals surface area contributed by atoms with Crippen molar-refractivity contribution in [3.63, 3.8) is 0 Å². The number of hydrogen-bond donors (Lipinski definition) is 1. The molecule has 0 aromatic rings. The van der Waals surface area contributed by atoms with Crippen molar-refractivity contribution in [2.45, 2.75) is 46.1 Å². The first-order valence-electron chi connectivity index (χ1n) is 6.01. The molecule has 0 spiro atoms. The molecule has 2 heteroatoms. The van der Waals surface area contributed by atoms with E-state index in [0.29, 0.717) is 5.92 Å². The number of hydrogen-bond acceptors (Lipinski definition) is 2. The van der Waals surface area contributed by atoms with Crippen LogP contribution >= 0.6 is 0 Å². The number of ether oxygens (including phenoxy) is 1. The average Bonchev–Trinajstić information content (AvgIpc) is 2.92. The van der Waals surface area contributed by atoms with Crippen LogP contribution in [0.3, 0.4) is 0 Å². The van der Waals surface area contributed by atoms with E-state index in [1.54, 1.807) is 0 Å². The van der Waals surface area contributed by atoms with Crippen LogP contribution in [-0.4, -0.2) is 25.8 Å². The molecule has 0 aliphatic heterocycles. The first-order valence-corrected chi connectivity index (χ1v) is 6.01. The van der Waals surface area contributed by atoms with Gasteiger partial charge < -0.3 is 10.1 Å². The summed E-state index contributed by atoms with van der Waals surface area (Å²) >= 11 is 0. The summed E-state index contributed by atoms with van der Waals surface area (Å²) in [5.41, 5.74) is 0. The van der Waals surface area contributed by atoms with Crippen molar-refractivity contribution in [1.82, 2.24) is 5.32 Å². The van der Waals surface area contributed by atoms with Crippen LogP contribution in [-0.2, 0) is 4.74 Å². The Labute approximate surface area is 88.4 Å². The summed E-state index contributed by atoms with van der Waals surface area (Å²) in [5.74, 6) is 1.62. The molecule has 0 radical (unpaired) electrons. The van der Waals surface area contributed by atoms with Crippen LogP contribution < -0.4 is 5.32 Å². The van der Waals surface area contributed by atoms with E-state index in [-0.39, 0.29) is 0 Å². The lowest BCUT2D eigenvalue weighted by Gasteiger charge is -2.12. The Morgan fingerprint density at radius 3 is 2.57 bits per heavy atom. The van der Waals surface area contributed by atoms with Crippen LogP contribution in [0.25, 0.3) is 0 Å². The summed E-state index contributed by atoms with van der Waals surface area (Å²) in [4.78, 5) is 0. The zero-order valence-corrected chi connectivity index (χ0v) is 9.88. The van der Waals surface area contributed by atoms with Gasteiger partial charge in [0, 0.05) is 19.3 Å². The smallest absolute Gasteiger partial charge is 0.0489 e. The van der Waals surface area contributed by atoms with Crippen molar-refractivity contribution in [2.24, 2.45) is 11.8 Å². The molecule has 1 aliphatic carbocycles. The molecule has 0 aromatic carbocycles. The minimum Gasteiger partial charge on any atom is -0.381 e. The molecule has 1 atom stereocenters. The molecule has 1 aliphatic rings. The van der Waals surface area contributed by atoms with Crippen molar-refractivity contribution >= 4 is 0 Å². The molecule has 1 saturated carbocycles. The van der Waals surface area contributed by atoms with Crippen LogP contribution in [0.5, 0.6) is 0 Å². The fourth-order valence-electron chi connectivity index (χ4n) is 1.59. The van der Waals surface area contributed by atoms with E-state index < -0.39 is 0 Å². The summed E-state index contributed by atoms with van der Waals surface area (Å²) in [6.07, 6.45) is 4.00. The average molecular weight is 199 g/mol.